The predicted octanol–water partition coefficient (Wildman–Crippen LogP) is 3.54. The first-order valence-electron chi connectivity index (χ1n) is 7.59. The van der Waals surface area contributed by atoms with Gasteiger partial charge in [-0.25, -0.2) is 0 Å². The molecule has 1 aliphatic rings. The molecule has 0 spiro atoms. The Labute approximate surface area is 120 Å². The molecule has 2 aromatic rings. The van der Waals surface area contributed by atoms with E-state index < -0.39 is 0 Å². The third kappa shape index (κ3) is 2.38. The zero-order valence-electron chi connectivity index (χ0n) is 12.3. The van der Waals surface area contributed by atoms with Crippen LogP contribution in [0.4, 0.5) is 0 Å². The molecule has 0 radical (unpaired) electrons. The first kappa shape index (κ1) is 13.4. The lowest BCUT2D eigenvalue weighted by Crippen LogP contribution is -2.39. The Morgan fingerprint density at radius 3 is 2.80 bits per heavy atom. The van der Waals surface area contributed by atoms with Crippen molar-refractivity contribution in [2.45, 2.75) is 39.2 Å². The molecule has 1 aromatic carbocycles. The lowest BCUT2D eigenvalue weighted by Gasteiger charge is -2.34. The van der Waals surface area contributed by atoms with Gasteiger partial charge in [0.2, 0.25) is 0 Å². The molecule has 3 nitrogen and oxygen atoms in total. The van der Waals surface area contributed by atoms with Crippen molar-refractivity contribution in [3.8, 4) is 11.3 Å². The minimum absolute atomic E-state index is 0.654. The molecule has 1 aromatic heterocycles. The fourth-order valence-electron chi connectivity index (χ4n) is 3.41. The molecule has 0 N–H and O–H groups in total. The number of aryl methyl sites for hydroxylation is 1. The van der Waals surface area contributed by atoms with Crippen LogP contribution in [0.5, 0.6) is 0 Å². The number of nitrogens with zero attached hydrogens (tertiary/aromatic N) is 2. The second-order valence-corrected chi connectivity index (χ2v) is 5.44. The summed E-state index contributed by atoms with van der Waals surface area (Å²) in [5.41, 5.74) is 4.14. The van der Waals surface area contributed by atoms with Gasteiger partial charge in [-0.3, -0.25) is 0 Å². The maximum atomic E-state index is 5.37. The number of aromatic nitrogens is 1. The first-order valence-corrected chi connectivity index (χ1v) is 7.59. The molecule has 1 heterocycles. The molecule has 3 heteroatoms. The third-order valence-electron chi connectivity index (χ3n) is 4.49. The third-order valence-corrected chi connectivity index (χ3v) is 4.49. The summed E-state index contributed by atoms with van der Waals surface area (Å²) in [5.74, 6) is 0.891. The molecule has 0 saturated heterocycles. The van der Waals surface area contributed by atoms with Crippen LogP contribution in [0.2, 0.25) is 0 Å². The van der Waals surface area contributed by atoms with Crippen LogP contribution in [0.3, 0.4) is 0 Å². The summed E-state index contributed by atoms with van der Waals surface area (Å²) in [5, 5.41) is 3.85. The van der Waals surface area contributed by atoms with Crippen LogP contribution in [0, 0.1) is 0 Å². The molecule has 1 atom stereocenters. The fraction of sp³-hybridized carbons (Fsp3) is 0.471. The van der Waals surface area contributed by atoms with Crippen molar-refractivity contribution in [3.63, 3.8) is 0 Å². The summed E-state index contributed by atoms with van der Waals surface area (Å²) >= 11 is 0. The van der Waals surface area contributed by atoms with E-state index in [-0.39, 0.29) is 0 Å². The second kappa shape index (κ2) is 5.80. The minimum Gasteiger partial charge on any atom is -0.356 e. The number of rotatable bonds is 4. The van der Waals surface area contributed by atoms with Crippen molar-refractivity contribution in [3.05, 3.63) is 41.6 Å². The largest absolute Gasteiger partial charge is 0.356 e. The van der Waals surface area contributed by atoms with E-state index in [1.165, 1.54) is 29.5 Å². The Balaban J connectivity index is 1.95. The number of hydrogen-bond donors (Lipinski definition) is 0. The van der Waals surface area contributed by atoms with Gasteiger partial charge in [0.1, 0.15) is 0 Å². The normalized spacial score (nSPS) is 18.2. The van der Waals surface area contributed by atoms with E-state index in [9.17, 15) is 0 Å². The quantitative estimate of drug-likeness (QED) is 0.851. The van der Waals surface area contributed by atoms with Gasteiger partial charge >= 0.3 is 0 Å². The minimum atomic E-state index is 0.654. The van der Waals surface area contributed by atoms with E-state index in [4.69, 9.17) is 4.52 Å². The van der Waals surface area contributed by atoms with E-state index in [1.54, 1.807) is 6.20 Å². The molecule has 0 aliphatic heterocycles. The lowest BCUT2D eigenvalue weighted by molar-refractivity contribution is 0.199. The number of likely N-dealkylation sites (N-methyl/N-ethyl adjacent to an activating group) is 1. The zero-order valence-corrected chi connectivity index (χ0v) is 12.3. The van der Waals surface area contributed by atoms with Gasteiger partial charge in [-0.1, -0.05) is 37.2 Å². The van der Waals surface area contributed by atoms with Gasteiger partial charge in [0.05, 0.1) is 6.20 Å². The number of benzene rings is 1. The molecule has 0 fully saturated rings. The summed E-state index contributed by atoms with van der Waals surface area (Å²) in [7, 11) is 0. The fourth-order valence-corrected chi connectivity index (χ4v) is 3.41. The summed E-state index contributed by atoms with van der Waals surface area (Å²) in [6, 6.07) is 9.16. The van der Waals surface area contributed by atoms with Crippen LogP contribution in [-0.2, 0) is 12.8 Å². The Morgan fingerprint density at radius 1 is 1.25 bits per heavy atom. The van der Waals surface area contributed by atoms with Gasteiger partial charge in [0.15, 0.2) is 5.76 Å². The van der Waals surface area contributed by atoms with E-state index >= 15 is 0 Å². The van der Waals surface area contributed by atoms with Gasteiger partial charge in [0.25, 0.3) is 0 Å². The summed E-state index contributed by atoms with van der Waals surface area (Å²) in [6.07, 6.45) is 5.26. The molecule has 106 valence electrons. The van der Waals surface area contributed by atoms with Gasteiger partial charge in [0, 0.05) is 17.7 Å². The molecule has 0 bridgehead atoms. The van der Waals surface area contributed by atoms with Gasteiger partial charge in [-0.05, 0) is 43.5 Å². The standard InChI is InChI=1S/C17H22N2O/c1-3-19(4-2)14-9-8-13-6-5-7-15(16(13)12-14)17-10-11-18-20-17/h5-7,10-11,14H,3-4,8-9,12H2,1-2H3. The van der Waals surface area contributed by atoms with Crippen LogP contribution < -0.4 is 0 Å². The molecule has 1 aliphatic carbocycles. The molecule has 3 rings (SSSR count). The molecular formula is C17H22N2O. The highest BCUT2D eigenvalue weighted by atomic mass is 16.5. The Morgan fingerprint density at radius 2 is 2.10 bits per heavy atom. The molecule has 0 saturated carbocycles. The van der Waals surface area contributed by atoms with Crippen LogP contribution in [0.15, 0.2) is 35.0 Å². The predicted molar refractivity (Wildman–Crippen MR) is 80.7 cm³/mol. The monoisotopic (exact) mass is 270 g/mol. The SMILES string of the molecule is CCN(CC)C1CCc2cccc(-c3ccno3)c2C1. The van der Waals surface area contributed by atoms with Crippen molar-refractivity contribution < 1.29 is 4.52 Å². The number of fused-ring (bicyclic) bond motifs is 1. The van der Waals surface area contributed by atoms with E-state index in [0.29, 0.717) is 6.04 Å². The van der Waals surface area contributed by atoms with Crippen LogP contribution in [-0.4, -0.2) is 29.2 Å². The highest BCUT2D eigenvalue weighted by molar-refractivity contribution is 5.64. The van der Waals surface area contributed by atoms with Crippen molar-refractivity contribution >= 4 is 0 Å². The van der Waals surface area contributed by atoms with Gasteiger partial charge in [-0.15, -0.1) is 0 Å². The first-order chi connectivity index (χ1) is 9.83. The van der Waals surface area contributed by atoms with Crippen LogP contribution in [0.25, 0.3) is 11.3 Å². The maximum Gasteiger partial charge on any atom is 0.167 e. The summed E-state index contributed by atoms with van der Waals surface area (Å²) < 4.78 is 5.37. The molecular weight excluding hydrogens is 248 g/mol. The average Bonchev–Trinajstić information content (AvgIpc) is 3.02. The Bertz CT molecular complexity index is 558. The smallest absolute Gasteiger partial charge is 0.167 e. The van der Waals surface area contributed by atoms with Crippen LogP contribution in [0.1, 0.15) is 31.4 Å². The van der Waals surface area contributed by atoms with Crippen molar-refractivity contribution in [2.75, 3.05) is 13.1 Å². The molecule has 20 heavy (non-hydrogen) atoms. The Kier molecular flexibility index (Phi) is 3.88. The second-order valence-electron chi connectivity index (χ2n) is 5.44. The van der Waals surface area contributed by atoms with Crippen LogP contribution >= 0.6 is 0 Å². The van der Waals surface area contributed by atoms with Gasteiger partial charge in [-0.2, -0.15) is 0 Å². The maximum absolute atomic E-state index is 5.37. The topological polar surface area (TPSA) is 29.3 Å². The Hall–Kier alpha value is -1.61. The molecule has 1 unspecified atom stereocenters. The number of hydrogen-bond acceptors (Lipinski definition) is 3. The van der Waals surface area contributed by atoms with Crippen molar-refractivity contribution in [1.82, 2.24) is 10.1 Å². The van der Waals surface area contributed by atoms with E-state index in [0.717, 1.165) is 25.3 Å². The summed E-state index contributed by atoms with van der Waals surface area (Å²) in [6.45, 7) is 6.75. The zero-order chi connectivity index (χ0) is 13.9. The highest BCUT2D eigenvalue weighted by Crippen LogP contribution is 2.32. The van der Waals surface area contributed by atoms with E-state index in [1.807, 2.05) is 6.07 Å². The lowest BCUT2D eigenvalue weighted by atomic mass is 9.84. The van der Waals surface area contributed by atoms with Crippen molar-refractivity contribution in [2.24, 2.45) is 0 Å². The van der Waals surface area contributed by atoms with E-state index in [2.05, 4.69) is 42.1 Å². The van der Waals surface area contributed by atoms with Crippen molar-refractivity contribution in [1.29, 1.82) is 0 Å². The average molecular weight is 270 g/mol. The van der Waals surface area contributed by atoms with Gasteiger partial charge < -0.3 is 9.42 Å². The summed E-state index contributed by atoms with van der Waals surface area (Å²) in [4.78, 5) is 2.57. The highest BCUT2D eigenvalue weighted by Gasteiger charge is 2.25. The molecule has 0 amide bonds.